The Balaban J connectivity index is 2.47. The van der Waals surface area contributed by atoms with Crippen LogP contribution in [0.5, 0.6) is 0 Å². The zero-order valence-electron chi connectivity index (χ0n) is 14.0. The summed E-state index contributed by atoms with van der Waals surface area (Å²) in [5.74, 6) is 0. The van der Waals surface area contributed by atoms with Crippen molar-refractivity contribution in [3.8, 4) is 0 Å². The first-order valence-electron chi connectivity index (χ1n) is 7.40. The molecule has 1 N–H and O–H groups in total. The first kappa shape index (κ1) is 16.3. The van der Waals surface area contributed by atoms with Gasteiger partial charge in [-0.3, -0.25) is 20.2 Å². The summed E-state index contributed by atoms with van der Waals surface area (Å²) in [7, 11) is 0. The predicted molar refractivity (Wildman–Crippen MR) is 85.3 cm³/mol. The van der Waals surface area contributed by atoms with E-state index in [2.05, 4.69) is 15.3 Å². The summed E-state index contributed by atoms with van der Waals surface area (Å²) >= 11 is 0. The van der Waals surface area contributed by atoms with Crippen LogP contribution in [0.4, 0.5) is 17.1 Å². The highest BCUT2D eigenvalue weighted by Crippen LogP contribution is 2.35. The van der Waals surface area contributed by atoms with Gasteiger partial charge < -0.3 is 0 Å². The molecule has 0 atom stereocenters. The van der Waals surface area contributed by atoms with Gasteiger partial charge in [0.05, 0.1) is 14.8 Å². The normalized spacial score (nSPS) is 11.7. The molecule has 0 unspecified atom stereocenters. The van der Waals surface area contributed by atoms with Crippen LogP contribution in [-0.4, -0.2) is 48.8 Å². The van der Waals surface area contributed by atoms with Crippen LogP contribution in [0.2, 0.25) is 0 Å². The zero-order chi connectivity index (χ0) is 19.8. The number of aromatic nitrogens is 6. The van der Waals surface area contributed by atoms with Crippen molar-refractivity contribution < 1.29 is 20.0 Å². The number of nitrogens with zero attached hydrogens (tertiary/aromatic N) is 9. The molecule has 15 nitrogen and oxygen atoms in total. The molecule has 0 bridgehead atoms. The Hall–Kier alpha value is -4.17. The quantitative estimate of drug-likeness (QED) is 0.405. The fourth-order valence-corrected chi connectivity index (χ4v) is 3.19. The number of hydrogen-bond donors (Lipinski definition) is 1. The van der Waals surface area contributed by atoms with Crippen LogP contribution in [0, 0.1) is 45.9 Å². The van der Waals surface area contributed by atoms with E-state index in [0.717, 1.165) is 13.5 Å². The van der Waals surface area contributed by atoms with Crippen molar-refractivity contribution in [2.45, 2.75) is 20.8 Å². The average molecular weight is 376 g/mol. The van der Waals surface area contributed by atoms with E-state index in [1.54, 1.807) is 0 Å². The minimum Gasteiger partial charge on any atom is -0.258 e. The van der Waals surface area contributed by atoms with Crippen molar-refractivity contribution in [1.29, 1.82) is 0 Å². The minimum atomic E-state index is -0.701. The smallest absolute Gasteiger partial charge is 0.258 e. The van der Waals surface area contributed by atoms with E-state index in [9.17, 15) is 30.3 Å². The second-order valence-electron chi connectivity index (χ2n) is 5.80. The van der Waals surface area contributed by atoms with Crippen LogP contribution >= 0.6 is 0 Å². The van der Waals surface area contributed by atoms with Crippen LogP contribution in [0.1, 0.15) is 17.1 Å². The van der Waals surface area contributed by atoms with Crippen molar-refractivity contribution in [2.75, 3.05) is 0 Å². The molecular formula is C12H10N9O6+. The van der Waals surface area contributed by atoms with Gasteiger partial charge >= 0.3 is 17.1 Å². The summed E-state index contributed by atoms with van der Waals surface area (Å²) < 4.78 is 3.00. The van der Waals surface area contributed by atoms with Crippen LogP contribution in [0.25, 0.3) is 16.9 Å². The number of nitro groups is 2. The maximum absolute atomic E-state index is 11.7. The summed E-state index contributed by atoms with van der Waals surface area (Å²) in [6.07, 6.45) is 0. The molecule has 0 aliphatic carbocycles. The molecule has 0 amide bonds. The van der Waals surface area contributed by atoms with E-state index < -0.39 is 26.1 Å². The highest BCUT2D eigenvalue weighted by Gasteiger charge is 2.37. The summed E-state index contributed by atoms with van der Waals surface area (Å²) in [5, 5.41) is 44.8. The number of aryl methyl sites for hydroxylation is 3. The van der Waals surface area contributed by atoms with E-state index in [-0.39, 0.29) is 39.7 Å². The summed E-state index contributed by atoms with van der Waals surface area (Å²) in [4.78, 5) is 32.9. The van der Waals surface area contributed by atoms with E-state index in [1.165, 1.54) is 20.8 Å². The highest BCUT2D eigenvalue weighted by molar-refractivity contribution is 5.79. The van der Waals surface area contributed by atoms with Gasteiger partial charge in [-0.2, -0.15) is 28.8 Å². The second kappa shape index (κ2) is 4.93. The fourth-order valence-electron chi connectivity index (χ4n) is 3.19. The Kier molecular flexibility index (Phi) is 2.98. The van der Waals surface area contributed by atoms with E-state index in [0.29, 0.717) is 0 Å². The monoisotopic (exact) mass is 376 g/mol. The fraction of sp³-hybridized carbons (Fsp3) is 0.250. The van der Waals surface area contributed by atoms with Crippen molar-refractivity contribution in [2.24, 2.45) is 0 Å². The molecule has 4 aromatic heterocycles. The first-order valence-corrected chi connectivity index (χ1v) is 7.40. The zero-order valence-corrected chi connectivity index (χ0v) is 14.0. The number of fused-ring (bicyclic) bond motifs is 6. The van der Waals surface area contributed by atoms with Crippen molar-refractivity contribution >= 4 is 34.0 Å². The maximum atomic E-state index is 11.7. The summed E-state index contributed by atoms with van der Waals surface area (Å²) in [6.45, 7) is 4.13. The predicted octanol–water partition coefficient (Wildman–Crippen LogP) is 1.17. The molecule has 0 aliphatic heterocycles. The maximum Gasteiger partial charge on any atom is 0.383 e. The molecule has 0 saturated carbocycles. The summed E-state index contributed by atoms with van der Waals surface area (Å²) in [5.41, 5.74) is -1.82. The lowest BCUT2D eigenvalue weighted by Crippen LogP contribution is -2.08. The molecule has 27 heavy (non-hydrogen) atoms. The highest BCUT2D eigenvalue weighted by atomic mass is 16.6. The topological polar surface area (TPSA) is 178 Å². The lowest BCUT2D eigenvalue weighted by atomic mass is 10.3. The Morgan fingerprint density at radius 2 is 1.00 bits per heavy atom. The molecule has 0 saturated heterocycles. The van der Waals surface area contributed by atoms with Gasteiger partial charge in [0.1, 0.15) is 17.1 Å². The van der Waals surface area contributed by atoms with Crippen LogP contribution in [0.3, 0.4) is 0 Å². The molecule has 0 fully saturated rings. The minimum absolute atomic E-state index is 0.00889. The van der Waals surface area contributed by atoms with Gasteiger partial charge in [-0.05, 0) is 20.8 Å². The number of rotatable bonds is 3. The molecule has 0 spiro atoms. The molecule has 0 aromatic carbocycles. The lowest BCUT2D eigenvalue weighted by Gasteiger charge is -2.01. The van der Waals surface area contributed by atoms with Gasteiger partial charge in [-0.25, -0.2) is 5.21 Å². The molecule has 4 aromatic rings. The number of hydrogen-bond acceptors (Lipinski definition) is 8. The van der Waals surface area contributed by atoms with Crippen molar-refractivity contribution in [1.82, 2.24) is 28.8 Å². The van der Waals surface area contributed by atoms with Crippen molar-refractivity contribution in [3.63, 3.8) is 0 Å². The van der Waals surface area contributed by atoms with Gasteiger partial charge in [0.2, 0.25) is 16.9 Å². The van der Waals surface area contributed by atoms with Gasteiger partial charge in [0.25, 0.3) is 4.92 Å². The van der Waals surface area contributed by atoms with Crippen LogP contribution in [0.15, 0.2) is 0 Å². The van der Waals surface area contributed by atoms with Gasteiger partial charge in [0.15, 0.2) is 0 Å². The Labute approximate surface area is 146 Å². The molecule has 0 aliphatic rings. The third-order valence-electron chi connectivity index (χ3n) is 4.17. The molecule has 0 radical (unpaired) electrons. The standard InChI is InChI=1S/C12H10N9O6/c1-4-7(19(22)23)10-16(13-4)11-8(20(24)25)5(2)15-18(11)12-9(21(26)27)6(3)14-17(10)12/h1-3H3,(H,22,23)/q+1. The first-order chi connectivity index (χ1) is 12.6. The third-order valence-corrected chi connectivity index (χ3v) is 4.17. The van der Waals surface area contributed by atoms with Crippen molar-refractivity contribution in [3.05, 3.63) is 42.2 Å². The molecule has 4 heterocycles. The van der Waals surface area contributed by atoms with Crippen LogP contribution < -0.4 is 0 Å². The van der Waals surface area contributed by atoms with E-state index in [1.807, 2.05) is 0 Å². The SMILES string of the molecule is Cc1nn2c(c1[N+](=O)[O-])n1nc(C)c([N+](=O)[O-])c1n1nc(C)c([N+](=O)O)c21. The van der Waals surface area contributed by atoms with Gasteiger partial charge in [-0.1, -0.05) is 0 Å². The lowest BCUT2D eigenvalue weighted by molar-refractivity contribution is -0.729. The average Bonchev–Trinajstić information content (AvgIpc) is 3.16. The van der Waals surface area contributed by atoms with Gasteiger partial charge in [-0.15, -0.1) is 0 Å². The molecular weight excluding hydrogens is 366 g/mol. The van der Waals surface area contributed by atoms with Gasteiger partial charge in [0, 0.05) is 0 Å². The Morgan fingerprint density at radius 3 is 1.30 bits per heavy atom. The Morgan fingerprint density at radius 1 is 0.704 bits per heavy atom. The third kappa shape index (κ3) is 1.87. The van der Waals surface area contributed by atoms with E-state index in [4.69, 9.17) is 0 Å². The Bertz CT molecular complexity index is 1150. The summed E-state index contributed by atoms with van der Waals surface area (Å²) in [6, 6.07) is 0. The molecule has 4 rings (SSSR count). The molecule has 138 valence electrons. The largest absolute Gasteiger partial charge is 0.383 e. The molecule has 15 heteroatoms. The second-order valence-corrected chi connectivity index (χ2v) is 5.80. The van der Waals surface area contributed by atoms with E-state index >= 15 is 0 Å². The van der Waals surface area contributed by atoms with Crippen LogP contribution in [-0.2, 0) is 0 Å².